The van der Waals surface area contributed by atoms with Crippen LogP contribution in [-0.2, 0) is 20.7 Å². The van der Waals surface area contributed by atoms with E-state index in [4.69, 9.17) is 4.74 Å². The molecular formula is C15H18N2O4. The van der Waals surface area contributed by atoms with Crippen molar-refractivity contribution in [2.45, 2.75) is 26.4 Å². The topological polar surface area (TPSA) is 75.7 Å². The average molecular weight is 290 g/mol. The molecule has 0 saturated carbocycles. The van der Waals surface area contributed by atoms with Gasteiger partial charge in [0.05, 0.1) is 6.42 Å². The van der Waals surface area contributed by atoms with E-state index in [-0.39, 0.29) is 6.42 Å². The molecule has 112 valence electrons. The standard InChI is InChI=1S/C15H18N2O4/c1-10-3-5-12(6-4-10)9-13(18)21-11(2)14(19)17-8-7-16-15(17)20/h3-6,11H,7-9H2,1-2H3,(H,16,20)/t11-/m1/s1. The Bertz CT molecular complexity index is 553. The van der Waals surface area contributed by atoms with Crippen molar-refractivity contribution in [2.75, 3.05) is 13.1 Å². The van der Waals surface area contributed by atoms with Gasteiger partial charge in [-0.05, 0) is 19.4 Å². The zero-order chi connectivity index (χ0) is 15.4. The van der Waals surface area contributed by atoms with Gasteiger partial charge in [-0.1, -0.05) is 29.8 Å². The number of hydrogen-bond donors (Lipinski definition) is 1. The van der Waals surface area contributed by atoms with Crippen molar-refractivity contribution in [1.29, 1.82) is 0 Å². The molecule has 6 heteroatoms. The quantitative estimate of drug-likeness (QED) is 0.840. The number of carbonyl (C=O) groups excluding carboxylic acids is 3. The van der Waals surface area contributed by atoms with E-state index in [0.717, 1.165) is 16.0 Å². The van der Waals surface area contributed by atoms with E-state index in [1.165, 1.54) is 6.92 Å². The third-order valence-electron chi connectivity index (χ3n) is 3.25. The average Bonchev–Trinajstić information content (AvgIpc) is 2.86. The van der Waals surface area contributed by atoms with Crippen LogP contribution in [0, 0.1) is 6.92 Å². The fourth-order valence-electron chi connectivity index (χ4n) is 2.06. The van der Waals surface area contributed by atoms with Crippen LogP contribution < -0.4 is 5.32 Å². The minimum absolute atomic E-state index is 0.101. The normalized spacial score (nSPS) is 15.5. The van der Waals surface area contributed by atoms with Crippen molar-refractivity contribution in [1.82, 2.24) is 10.2 Å². The summed E-state index contributed by atoms with van der Waals surface area (Å²) < 4.78 is 5.10. The monoisotopic (exact) mass is 290 g/mol. The minimum atomic E-state index is -0.966. The second kappa shape index (κ2) is 6.39. The summed E-state index contributed by atoms with van der Waals surface area (Å²) in [4.78, 5) is 36.2. The van der Waals surface area contributed by atoms with Gasteiger partial charge >= 0.3 is 12.0 Å². The second-order valence-electron chi connectivity index (χ2n) is 5.02. The zero-order valence-electron chi connectivity index (χ0n) is 12.1. The van der Waals surface area contributed by atoms with Gasteiger partial charge in [0.1, 0.15) is 0 Å². The van der Waals surface area contributed by atoms with Crippen LogP contribution in [0.5, 0.6) is 0 Å². The van der Waals surface area contributed by atoms with E-state index < -0.39 is 24.0 Å². The number of imide groups is 1. The van der Waals surface area contributed by atoms with E-state index in [9.17, 15) is 14.4 Å². The predicted octanol–water partition coefficient (Wildman–Crippen LogP) is 1.02. The summed E-state index contributed by atoms with van der Waals surface area (Å²) in [5.41, 5.74) is 1.93. The number of amides is 3. The maximum absolute atomic E-state index is 12.0. The molecule has 1 atom stereocenters. The molecule has 1 saturated heterocycles. The highest BCUT2D eigenvalue weighted by Crippen LogP contribution is 2.08. The summed E-state index contributed by atoms with van der Waals surface area (Å²) in [6.07, 6.45) is -0.865. The van der Waals surface area contributed by atoms with Crippen LogP contribution in [0.3, 0.4) is 0 Å². The van der Waals surface area contributed by atoms with E-state index >= 15 is 0 Å². The molecule has 1 fully saturated rings. The Morgan fingerprint density at radius 3 is 2.57 bits per heavy atom. The number of carbonyl (C=O) groups is 3. The van der Waals surface area contributed by atoms with E-state index in [1.807, 2.05) is 31.2 Å². The van der Waals surface area contributed by atoms with Gasteiger partial charge in [-0.2, -0.15) is 0 Å². The Balaban J connectivity index is 1.88. The van der Waals surface area contributed by atoms with Crippen LogP contribution in [0.4, 0.5) is 4.79 Å². The number of nitrogens with one attached hydrogen (secondary N) is 1. The number of hydrogen-bond acceptors (Lipinski definition) is 4. The maximum Gasteiger partial charge on any atom is 0.324 e. The van der Waals surface area contributed by atoms with Crippen LogP contribution in [0.2, 0.25) is 0 Å². The van der Waals surface area contributed by atoms with Gasteiger partial charge < -0.3 is 10.1 Å². The first kappa shape index (κ1) is 15.0. The summed E-state index contributed by atoms with van der Waals surface area (Å²) >= 11 is 0. The smallest absolute Gasteiger partial charge is 0.324 e. The molecule has 1 aromatic carbocycles. The third-order valence-corrected chi connectivity index (χ3v) is 3.25. The number of rotatable bonds is 4. The molecule has 2 rings (SSSR count). The third kappa shape index (κ3) is 3.81. The number of nitrogens with zero attached hydrogens (tertiary/aromatic N) is 1. The summed E-state index contributed by atoms with van der Waals surface area (Å²) in [7, 11) is 0. The summed E-state index contributed by atoms with van der Waals surface area (Å²) in [5, 5.41) is 2.53. The van der Waals surface area contributed by atoms with E-state index in [2.05, 4.69) is 5.32 Å². The molecule has 0 bridgehead atoms. The number of esters is 1. The van der Waals surface area contributed by atoms with Gasteiger partial charge in [0.15, 0.2) is 6.10 Å². The highest BCUT2D eigenvalue weighted by Gasteiger charge is 2.31. The van der Waals surface area contributed by atoms with Gasteiger partial charge in [0.2, 0.25) is 0 Å². The molecule has 21 heavy (non-hydrogen) atoms. The summed E-state index contributed by atoms with van der Waals surface area (Å²) in [5.74, 6) is -0.985. The molecule has 0 spiro atoms. The fraction of sp³-hybridized carbons (Fsp3) is 0.400. The summed E-state index contributed by atoms with van der Waals surface area (Å²) in [6, 6.07) is 7.06. The first-order chi connectivity index (χ1) is 9.97. The molecule has 1 N–H and O–H groups in total. The second-order valence-corrected chi connectivity index (χ2v) is 5.02. The zero-order valence-corrected chi connectivity index (χ0v) is 12.1. The lowest BCUT2D eigenvalue weighted by atomic mass is 10.1. The molecule has 0 aliphatic carbocycles. The van der Waals surface area contributed by atoms with Gasteiger partial charge in [-0.3, -0.25) is 14.5 Å². The maximum atomic E-state index is 12.0. The first-order valence-electron chi connectivity index (χ1n) is 6.81. The lowest BCUT2D eigenvalue weighted by Gasteiger charge is -2.18. The Kier molecular flexibility index (Phi) is 4.57. The largest absolute Gasteiger partial charge is 0.452 e. The Morgan fingerprint density at radius 2 is 2.00 bits per heavy atom. The molecule has 0 unspecified atom stereocenters. The Labute approximate surface area is 123 Å². The van der Waals surface area contributed by atoms with Gasteiger partial charge in [-0.25, -0.2) is 4.79 Å². The molecular weight excluding hydrogens is 272 g/mol. The van der Waals surface area contributed by atoms with Crippen molar-refractivity contribution < 1.29 is 19.1 Å². The number of urea groups is 1. The van der Waals surface area contributed by atoms with E-state index in [0.29, 0.717) is 13.1 Å². The van der Waals surface area contributed by atoms with Crippen LogP contribution in [0.15, 0.2) is 24.3 Å². The van der Waals surface area contributed by atoms with E-state index in [1.54, 1.807) is 0 Å². The first-order valence-corrected chi connectivity index (χ1v) is 6.81. The SMILES string of the molecule is Cc1ccc(CC(=O)O[C@H](C)C(=O)N2CCNC2=O)cc1. The van der Waals surface area contributed by atoms with Crippen molar-refractivity contribution >= 4 is 17.9 Å². The van der Waals surface area contributed by atoms with Crippen molar-refractivity contribution in [3.05, 3.63) is 35.4 Å². The molecule has 6 nitrogen and oxygen atoms in total. The molecule has 0 radical (unpaired) electrons. The lowest BCUT2D eigenvalue weighted by Crippen LogP contribution is -2.42. The molecule has 1 aliphatic rings. The molecule has 1 heterocycles. The number of ether oxygens (including phenoxy) is 1. The number of aryl methyl sites for hydroxylation is 1. The fourth-order valence-corrected chi connectivity index (χ4v) is 2.06. The Hall–Kier alpha value is -2.37. The highest BCUT2D eigenvalue weighted by molar-refractivity contribution is 5.98. The van der Waals surface area contributed by atoms with Crippen molar-refractivity contribution in [3.8, 4) is 0 Å². The minimum Gasteiger partial charge on any atom is -0.452 e. The van der Waals surface area contributed by atoms with Crippen LogP contribution >= 0.6 is 0 Å². The van der Waals surface area contributed by atoms with Crippen LogP contribution in [0.25, 0.3) is 0 Å². The highest BCUT2D eigenvalue weighted by atomic mass is 16.5. The Morgan fingerprint density at radius 1 is 1.33 bits per heavy atom. The van der Waals surface area contributed by atoms with Crippen LogP contribution in [0.1, 0.15) is 18.1 Å². The number of benzene rings is 1. The summed E-state index contributed by atoms with van der Waals surface area (Å²) in [6.45, 7) is 4.16. The van der Waals surface area contributed by atoms with Gasteiger partial charge in [0.25, 0.3) is 5.91 Å². The molecule has 1 aromatic rings. The lowest BCUT2D eigenvalue weighted by molar-refractivity contribution is -0.156. The van der Waals surface area contributed by atoms with Crippen molar-refractivity contribution in [2.24, 2.45) is 0 Å². The van der Waals surface area contributed by atoms with Crippen LogP contribution in [-0.4, -0.2) is 42.0 Å². The van der Waals surface area contributed by atoms with Crippen molar-refractivity contribution in [3.63, 3.8) is 0 Å². The predicted molar refractivity (Wildman–Crippen MR) is 75.5 cm³/mol. The van der Waals surface area contributed by atoms with Gasteiger partial charge in [-0.15, -0.1) is 0 Å². The molecule has 0 aromatic heterocycles. The molecule has 3 amide bonds. The van der Waals surface area contributed by atoms with Gasteiger partial charge in [0, 0.05) is 13.1 Å². The molecule has 1 aliphatic heterocycles.